The van der Waals surface area contributed by atoms with Gasteiger partial charge in [0.25, 0.3) is 0 Å². The largest absolute Gasteiger partial charge is 0.497 e. The molecule has 200 valence electrons. The summed E-state index contributed by atoms with van der Waals surface area (Å²) in [6.45, 7) is 0. The molecule has 0 aliphatic carbocycles. The summed E-state index contributed by atoms with van der Waals surface area (Å²) in [6.07, 6.45) is -4.45. The smallest absolute Gasteiger partial charge is 0.417 e. The molecule has 2 nitrogen and oxygen atoms in total. The zero-order valence-electron chi connectivity index (χ0n) is 21.3. The molecule has 0 spiro atoms. The Hall–Kier alpha value is -3.94. The van der Waals surface area contributed by atoms with Crippen LogP contribution in [0.4, 0.5) is 13.2 Å². The molecule has 0 aromatic heterocycles. The molecule has 0 aliphatic rings. The Balaban J connectivity index is 1.44. The molecule has 0 amide bonds. The Morgan fingerprint density at radius 2 is 1.32 bits per heavy atom. The number of hydrogen-bond donors (Lipinski definition) is 0. The highest BCUT2D eigenvalue weighted by molar-refractivity contribution is 7.99. The Labute approximate surface area is 239 Å². The van der Waals surface area contributed by atoms with Crippen molar-refractivity contribution in [1.29, 1.82) is 0 Å². The van der Waals surface area contributed by atoms with Crippen LogP contribution in [0.5, 0.6) is 5.75 Å². The molecule has 5 rings (SSSR count). The Bertz CT molecular complexity index is 1630. The Morgan fingerprint density at radius 3 is 2.02 bits per heavy atom. The van der Waals surface area contributed by atoms with E-state index in [0.717, 1.165) is 38.7 Å². The number of hydrogen-bond acceptors (Lipinski definition) is 4. The molecule has 0 bridgehead atoms. The van der Waals surface area contributed by atoms with Crippen LogP contribution in [-0.2, 0) is 6.18 Å². The molecule has 0 unspecified atom stereocenters. The van der Waals surface area contributed by atoms with Gasteiger partial charge in [-0.05, 0) is 65.7 Å². The van der Waals surface area contributed by atoms with Crippen molar-refractivity contribution in [1.82, 2.24) is 0 Å². The van der Waals surface area contributed by atoms with Crippen molar-refractivity contribution in [3.05, 3.63) is 138 Å². The fourth-order valence-corrected chi connectivity index (χ4v) is 6.22. The second kappa shape index (κ2) is 12.1. The van der Waals surface area contributed by atoms with Crippen LogP contribution in [-0.4, -0.2) is 12.9 Å². The van der Waals surface area contributed by atoms with E-state index in [1.807, 2.05) is 72.8 Å². The molecule has 0 fully saturated rings. The predicted molar refractivity (Wildman–Crippen MR) is 154 cm³/mol. The third-order valence-electron chi connectivity index (χ3n) is 6.16. The van der Waals surface area contributed by atoms with Crippen LogP contribution in [0.1, 0.15) is 21.5 Å². The van der Waals surface area contributed by atoms with Gasteiger partial charge in [-0.3, -0.25) is 4.79 Å². The molecule has 0 atom stereocenters. The average molecular weight is 573 g/mol. The lowest BCUT2D eigenvalue weighted by Crippen LogP contribution is -2.06. The minimum Gasteiger partial charge on any atom is -0.497 e. The molecule has 5 aromatic carbocycles. The van der Waals surface area contributed by atoms with Gasteiger partial charge in [0, 0.05) is 30.7 Å². The second-order valence-corrected chi connectivity index (χ2v) is 11.0. The third-order valence-corrected chi connectivity index (χ3v) is 8.40. The van der Waals surface area contributed by atoms with E-state index in [2.05, 4.69) is 0 Å². The topological polar surface area (TPSA) is 26.3 Å². The van der Waals surface area contributed by atoms with Crippen molar-refractivity contribution in [2.24, 2.45) is 0 Å². The normalized spacial score (nSPS) is 11.3. The fraction of sp³-hybridized carbons (Fsp3) is 0.0606. The standard InChI is InChI=1S/C33H23F3O2S2/c1-38-24-17-20-30(40-31-14-8-6-12-28(31)33(34,35)36)27(21-24)22-15-18-25(19-16-22)39-29-13-7-5-11-26(29)32(37)23-9-3-2-4-10-23/h2-21H,1H3. The summed E-state index contributed by atoms with van der Waals surface area (Å²) in [5.41, 5.74) is 2.18. The van der Waals surface area contributed by atoms with Gasteiger partial charge in [0.05, 0.1) is 12.7 Å². The first-order valence-electron chi connectivity index (χ1n) is 12.3. The van der Waals surface area contributed by atoms with Gasteiger partial charge < -0.3 is 4.74 Å². The second-order valence-electron chi connectivity index (χ2n) is 8.78. The van der Waals surface area contributed by atoms with E-state index in [1.54, 1.807) is 37.4 Å². The lowest BCUT2D eigenvalue weighted by molar-refractivity contribution is -0.139. The van der Waals surface area contributed by atoms with Gasteiger partial charge >= 0.3 is 6.18 Å². The first-order chi connectivity index (χ1) is 19.3. The molecule has 0 heterocycles. The minimum atomic E-state index is -4.45. The lowest BCUT2D eigenvalue weighted by atomic mass is 10.0. The first kappa shape index (κ1) is 27.6. The number of carbonyl (C=O) groups excluding carboxylic acids is 1. The van der Waals surface area contributed by atoms with E-state index in [4.69, 9.17) is 4.74 Å². The number of rotatable bonds is 8. The van der Waals surface area contributed by atoms with Crippen molar-refractivity contribution >= 4 is 29.3 Å². The molecule has 0 aliphatic heterocycles. The molecule has 0 radical (unpaired) electrons. The van der Waals surface area contributed by atoms with E-state index in [9.17, 15) is 18.0 Å². The summed E-state index contributed by atoms with van der Waals surface area (Å²) >= 11 is 2.56. The Morgan fingerprint density at radius 1 is 0.675 bits per heavy atom. The molecule has 40 heavy (non-hydrogen) atoms. The molecule has 0 N–H and O–H groups in total. The van der Waals surface area contributed by atoms with Crippen LogP contribution in [0.15, 0.2) is 141 Å². The van der Waals surface area contributed by atoms with Gasteiger partial charge in [0.1, 0.15) is 5.75 Å². The number of halogens is 3. The number of ketones is 1. The quantitative estimate of drug-likeness (QED) is 0.173. The van der Waals surface area contributed by atoms with E-state index < -0.39 is 11.7 Å². The molecular weight excluding hydrogens is 549 g/mol. The fourth-order valence-electron chi connectivity index (χ4n) is 4.18. The minimum absolute atomic E-state index is 0.0440. The van der Waals surface area contributed by atoms with E-state index in [1.165, 1.54) is 23.9 Å². The monoisotopic (exact) mass is 572 g/mol. The highest BCUT2D eigenvalue weighted by Crippen LogP contribution is 2.43. The number of alkyl halides is 3. The summed E-state index contributed by atoms with van der Waals surface area (Å²) in [7, 11) is 1.55. The van der Waals surface area contributed by atoms with Crippen molar-refractivity contribution in [2.45, 2.75) is 25.8 Å². The first-order valence-corrected chi connectivity index (χ1v) is 14.0. The van der Waals surface area contributed by atoms with Gasteiger partial charge in [-0.25, -0.2) is 0 Å². The van der Waals surface area contributed by atoms with Crippen molar-refractivity contribution in [3.63, 3.8) is 0 Å². The molecule has 5 aromatic rings. The Kier molecular flexibility index (Phi) is 8.33. The molecule has 0 saturated carbocycles. The zero-order valence-corrected chi connectivity index (χ0v) is 22.9. The number of methoxy groups -OCH3 is 1. The zero-order chi connectivity index (χ0) is 28.1. The van der Waals surface area contributed by atoms with E-state index in [-0.39, 0.29) is 10.7 Å². The van der Waals surface area contributed by atoms with Gasteiger partial charge in [-0.1, -0.05) is 90.3 Å². The molecular formula is C33H23F3O2S2. The van der Waals surface area contributed by atoms with Gasteiger partial charge in [-0.2, -0.15) is 13.2 Å². The summed E-state index contributed by atoms with van der Waals surface area (Å²) < 4.78 is 46.3. The number of benzene rings is 5. The highest BCUT2D eigenvalue weighted by atomic mass is 32.2. The van der Waals surface area contributed by atoms with Gasteiger partial charge in [0.15, 0.2) is 5.78 Å². The number of ether oxygens (including phenoxy) is 1. The van der Waals surface area contributed by atoms with Crippen LogP contribution in [0, 0.1) is 0 Å². The maximum absolute atomic E-state index is 13.6. The highest BCUT2D eigenvalue weighted by Gasteiger charge is 2.33. The lowest BCUT2D eigenvalue weighted by Gasteiger charge is -2.15. The average Bonchev–Trinajstić information content (AvgIpc) is 2.98. The van der Waals surface area contributed by atoms with Gasteiger partial charge in [-0.15, -0.1) is 0 Å². The SMILES string of the molecule is COc1ccc(Sc2ccccc2C(F)(F)F)c(-c2ccc(Sc3ccccc3C(=O)c3ccccc3)cc2)c1. The van der Waals surface area contributed by atoms with E-state index in [0.29, 0.717) is 21.8 Å². The van der Waals surface area contributed by atoms with Crippen molar-refractivity contribution in [3.8, 4) is 16.9 Å². The summed E-state index contributed by atoms with van der Waals surface area (Å²) in [5.74, 6) is 0.563. The predicted octanol–water partition coefficient (Wildman–Crippen LogP) is 9.91. The molecule has 0 saturated heterocycles. The van der Waals surface area contributed by atoms with Crippen molar-refractivity contribution < 1.29 is 22.7 Å². The van der Waals surface area contributed by atoms with Crippen molar-refractivity contribution in [2.75, 3.05) is 7.11 Å². The van der Waals surface area contributed by atoms with Crippen LogP contribution in [0.25, 0.3) is 11.1 Å². The summed E-state index contributed by atoms with van der Waals surface area (Å²) in [5, 5.41) is 0. The number of carbonyl (C=O) groups is 1. The summed E-state index contributed by atoms with van der Waals surface area (Å²) in [6, 6.07) is 35.3. The maximum atomic E-state index is 13.6. The van der Waals surface area contributed by atoms with Crippen LogP contribution in [0.3, 0.4) is 0 Å². The van der Waals surface area contributed by atoms with E-state index >= 15 is 0 Å². The van der Waals surface area contributed by atoms with Gasteiger partial charge in [0.2, 0.25) is 0 Å². The maximum Gasteiger partial charge on any atom is 0.417 e. The van der Waals surface area contributed by atoms with Crippen LogP contribution in [0.2, 0.25) is 0 Å². The summed E-state index contributed by atoms with van der Waals surface area (Å²) in [4.78, 5) is 15.7. The third kappa shape index (κ3) is 6.27. The molecule has 7 heteroatoms. The van der Waals surface area contributed by atoms with Crippen LogP contribution >= 0.6 is 23.5 Å². The van der Waals surface area contributed by atoms with Crippen LogP contribution < -0.4 is 4.74 Å².